The molecule has 1 aliphatic heterocycles. The second kappa shape index (κ2) is 6.69. The van der Waals surface area contributed by atoms with Crippen LogP contribution in [0.2, 0.25) is 0 Å². The number of hydrogen-bond acceptors (Lipinski definition) is 4. The van der Waals surface area contributed by atoms with Crippen LogP contribution in [-0.2, 0) is 0 Å². The molecule has 1 aromatic carbocycles. The van der Waals surface area contributed by atoms with Crippen molar-refractivity contribution in [3.63, 3.8) is 0 Å². The number of anilines is 1. The van der Waals surface area contributed by atoms with Crippen LogP contribution in [-0.4, -0.2) is 49.1 Å². The molecule has 0 spiro atoms. The average Bonchev–Trinajstić information content (AvgIpc) is 3.03. The molecule has 1 fully saturated rings. The van der Waals surface area contributed by atoms with Crippen molar-refractivity contribution in [2.45, 2.75) is 12.5 Å². The Labute approximate surface area is 136 Å². The quantitative estimate of drug-likeness (QED) is 0.870. The van der Waals surface area contributed by atoms with E-state index < -0.39 is 0 Å². The molecule has 1 atom stereocenters. The topological polar surface area (TPSA) is 45.7 Å². The summed E-state index contributed by atoms with van der Waals surface area (Å²) >= 11 is 0. The molecule has 5 nitrogen and oxygen atoms in total. The summed E-state index contributed by atoms with van der Waals surface area (Å²) in [6.07, 6.45) is 4.31. The van der Waals surface area contributed by atoms with E-state index in [-0.39, 0.29) is 12.0 Å². The largest absolute Gasteiger partial charge is 0.488 e. The molecule has 23 heavy (non-hydrogen) atoms. The third kappa shape index (κ3) is 3.62. The SMILES string of the molecule is CN(C)c1cccc(C(=O)N2CC[C@@H](Oc3ccncc3)C2)c1. The molecule has 0 N–H and O–H groups in total. The molecule has 2 heterocycles. The highest BCUT2D eigenvalue weighted by Gasteiger charge is 2.28. The number of aromatic nitrogens is 1. The van der Waals surface area contributed by atoms with Crippen LogP contribution in [0, 0.1) is 0 Å². The number of benzene rings is 1. The lowest BCUT2D eigenvalue weighted by Crippen LogP contribution is -2.31. The second-order valence-electron chi connectivity index (χ2n) is 5.91. The van der Waals surface area contributed by atoms with Gasteiger partial charge in [0, 0.05) is 50.7 Å². The lowest BCUT2D eigenvalue weighted by atomic mass is 10.1. The number of amides is 1. The van der Waals surface area contributed by atoms with E-state index in [1.54, 1.807) is 12.4 Å². The van der Waals surface area contributed by atoms with Crippen LogP contribution in [0.1, 0.15) is 16.8 Å². The summed E-state index contributed by atoms with van der Waals surface area (Å²) in [7, 11) is 3.94. The van der Waals surface area contributed by atoms with Crippen LogP contribution in [0.5, 0.6) is 5.75 Å². The van der Waals surface area contributed by atoms with Crippen molar-refractivity contribution in [3.8, 4) is 5.75 Å². The Morgan fingerprint density at radius 1 is 1.26 bits per heavy atom. The zero-order valence-corrected chi connectivity index (χ0v) is 13.5. The van der Waals surface area contributed by atoms with Gasteiger partial charge in [0.1, 0.15) is 11.9 Å². The fourth-order valence-corrected chi connectivity index (χ4v) is 2.72. The van der Waals surface area contributed by atoms with E-state index in [0.29, 0.717) is 6.54 Å². The van der Waals surface area contributed by atoms with Gasteiger partial charge in [-0.15, -0.1) is 0 Å². The van der Waals surface area contributed by atoms with Crippen molar-refractivity contribution < 1.29 is 9.53 Å². The van der Waals surface area contributed by atoms with Gasteiger partial charge in [-0.25, -0.2) is 0 Å². The molecule has 1 saturated heterocycles. The molecular formula is C18H21N3O2. The van der Waals surface area contributed by atoms with E-state index in [2.05, 4.69) is 4.98 Å². The minimum absolute atomic E-state index is 0.0402. The van der Waals surface area contributed by atoms with Gasteiger partial charge >= 0.3 is 0 Å². The van der Waals surface area contributed by atoms with E-state index in [1.807, 2.05) is 60.3 Å². The Hall–Kier alpha value is -2.56. The summed E-state index contributed by atoms with van der Waals surface area (Å²) in [6, 6.07) is 11.4. The van der Waals surface area contributed by atoms with E-state index in [0.717, 1.165) is 30.0 Å². The molecule has 2 aromatic rings. The number of hydrogen-bond donors (Lipinski definition) is 0. The molecule has 0 saturated carbocycles. The van der Waals surface area contributed by atoms with Gasteiger partial charge in [0.25, 0.3) is 5.91 Å². The lowest BCUT2D eigenvalue weighted by Gasteiger charge is -2.19. The number of likely N-dealkylation sites (tertiary alicyclic amines) is 1. The molecule has 0 aliphatic carbocycles. The van der Waals surface area contributed by atoms with Crippen molar-refractivity contribution in [1.29, 1.82) is 0 Å². The Morgan fingerprint density at radius 2 is 2.04 bits per heavy atom. The number of ether oxygens (including phenoxy) is 1. The van der Waals surface area contributed by atoms with Gasteiger partial charge in [-0.3, -0.25) is 9.78 Å². The van der Waals surface area contributed by atoms with E-state index in [9.17, 15) is 4.79 Å². The van der Waals surface area contributed by atoms with Gasteiger partial charge in [-0.2, -0.15) is 0 Å². The minimum atomic E-state index is 0.0402. The van der Waals surface area contributed by atoms with Crippen LogP contribution < -0.4 is 9.64 Å². The standard InChI is InChI=1S/C18H21N3O2/c1-20(2)15-5-3-4-14(12-15)18(22)21-11-8-17(13-21)23-16-6-9-19-10-7-16/h3-7,9-10,12,17H,8,11,13H2,1-2H3/t17-/m1/s1. The summed E-state index contributed by atoms with van der Waals surface area (Å²) in [5, 5.41) is 0. The molecule has 3 rings (SSSR count). The highest BCUT2D eigenvalue weighted by atomic mass is 16.5. The fraction of sp³-hybridized carbons (Fsp3) is 0.333. The number of nitrogens with zero attached hydrogens (tertiary/aromatic N) is 3. The first kappa shape index (κ1) is 15.3. The summed E-state index contributed by atoms with van der Waals surface area (Å²) in [6.45, 7) is 1.34. The molecule has 0 unspecified atom stereocenters. The molecule has 5 heteroatoms. The Bertz CT molecular complexity index is 673. The number of pyridine rings is 1. The van der Waals surface area contributed by atoms with Crippen molar-refractivity contribution in [1.82, 2.24) is 9.88 Å². The van der Waals surface area contributed by atoms with Crippen LogP contribution in [0.15, 0.2) is 48.8 Å². The van der Waals surface area contributed by atoms with Gasteiger partial charge in [0.2, 0.25) is 0 Å². The summed E-state index contributed by atoms with van der Waals surface area (Å²) in [5.74, 6) is 0.864. The van der Waals surface area contributed by atoms with E-state index in [4.69, 9.17) is 4.74 Å². The van der Waals surface area contributed by atoms with Crippen molar-refractivity contribution in [2.75, 3.05) is 32.1 Å². The summed E-state index contributed by atoms with van der Waals surface area (Å²) in [4.78, 5) is 20.5. The maximum absolute atomic E-state index is 12.7. The first-order valence-electron chi connectivity index (χ1n) is 7.77. The molecule has 0 bridgehead atoms. The third-order valence-corrected chi connectivity index (χ3v) is 3.99. The van der Waals surface area contributed by atoms with Crippen molar-refractivity contribution in [3.05, 3.63) is 54.4 Å². The first-order chi connectivity index (χ1) is 11.1. The zero-order chi connectivity index (χ0) is 16.2. The van der Waals surface area contributed by atoms with Crippen LogP contribution in [0.4, 0.5) is 5.69 Å². The normalized spacial score (nSPS) is 17.1. The fourth-order valence-electron chi connectivity index (χ4n) is 2.72. The summed E-state index contributed by atoms with van der Waals surface area (Å²) in [5.41, 5.74) is 1.75. The van der Waals surface area contributed by atoms with E-state index in [1.165, 1.54) is 0 Å². The van der Waals surface area contributed by atoms with Gasteiger partial charge in [0.15, 0.2) is 0 Å². The van der Waals surface area contributed by atoms with Crippen molar-refractivity contribution >= 4 is 11.6 Å². The van der Waals surface area contributed by atoms with Gasteiger partial charge in [-0.1, -0.05) is 6.07 Å². The predicted molar refractivity (Wildman–Crippen MR) is 89.9 cm³/mol. The molecule has 1 amide bonds. The molecule has 120 valence electrons. The molecular weight excluding hydrogens is 290 g/mol. The summed E-state index contributed by atoms with van der Waals surface area (Å²) < 4.78 is 5.91. The Kier molecular flexibility index (Phi) is 4.46. The minimum Gasteiger partial charge on any atom is -0.488 e. The third-order valence-electron chi connectivity index (χ3n) is 3.99. The first-order valence-corrected chi connectivity index (χ1v) is 7.77. The highest BCUT2D eigenvalue weighted by Crippen LogP contribution is 2.21. The maximum atomic E-state index is 12.7. The average molecular weight is 311 g/mol. The zero-order valence-electron chi connectivity index (χ0n) is 13.5. The van der Waals surface area contributed by atoms with Gasteiger partial charge < -0.3 is 14.5 Å². The maximum Gasteiger partial charge on any atom is 0.254 e. The van der Waals surface area contributed by atoms with Gasteiger partial charge in [-0.05, 0) is 30.3 Å². The Balaban J connectivity index is 1.64. The van der Waals surface area contributed by atoms with Gasteiger partial charge in [0.05, 0.1) is 6.54 Å². The smallest absolute Gasteiger partial charge is 0.254 e. The van der Waals surface area contributed by atoms with Crippen molar-refractivity contribution in [2.24, 2.45) is 0 Å². The number of carbonyl (C=O) groups is 1. The molecule has 1 aliphatic rings. The monoisotopic (exact) mass is 311 g/mol. The number of carbonyl (C=O) groups excluding carboxylic acids is 1. The van der Waals surface area contributed by atoms with E-state index >= 15 is 0 Å². The number of rotatable bonds is 4. The highest BCUT2D eigenvalue weighted by molar-refractivity contribution is 5.95. The van der Waals surface area contributed by atoms with Crippen LogP contribution in [0.25, 0.3) is 0 Å². The Morgan fingerprint density at radius 3 is 2.78 bits per heavy atom. The second-order valence-corrected chi connectivity index (χ2v) is 5.91. The molecule has 1 aromatic heterocycles. The van der Waals surface area contributed by atoms with Crippen LogP contribution >= 0.6 is 0 Å². The lowest BCUT2D eigenvalue weighted by molar-refractivity contribution is 0.0772. The predicted octanol–water partition coefficient (Wildman–Crippen LogP) is 2.44. The molecule has 0 radical (unpaired) electrons. The van der Waals surface area contributed by atoms with Crippen LogP contribution in [0.3, 0.4) is 0 Å².